The summed E-state index contributed by atoms with van der Waals surface area (Å²) in [4.78, 5) is 16.3. The Balaban J connectivity index is 1.58. The first kappa shape index (κ1) is 16.7. The van der Waals surface area contributed by atoms with Gasteiger partial charge in [0.1, 0.15) is 5.82 Å². The highest BCUT2D eigenvalue weighted by molar-refractivity contribution is 9.10. The molecule has 24 heavy (non-hydrogen) atoms. The van der Waals surface area contributed by atoms with Gasteiger partial charge in [0.2, 0.25) is 11.1 Å². The normalized spacial score (nSPS) is 10.6. The molecule has 1 aromatic heterocycles. The van der Waals surface area contributed by atoms with Crippen molar-refractivity contribution in [3.63, 3.8) is 0 Å². The molecular formula is C16H12BrFN4OS. The van der Waals surface area contributed by atoms with Crippen molar-refractivity contribution < 1.29 is 9.18 Å². The van der Waals surface area contributed by atoms with Crippen LogP contribution in [0.5, 0.6) is 0 Å². The van der Waals surface area contributed by atoms with E-state index in [1.54, 1.807) is 0 Å². The maximum Gasteiger partial charge on any atom is 0.234 e. The van der Waals surface area contributed by atoms with Gasteiger partial charge in [-0.2, -0.15) is 0 Å². The van der Waals surface area contributed by atoms with Gasteiger partial charge in [0, 0.05) is 15.7 Å². The Bertz CT molecular complexity index is 853. The molecule has 3 rings (SSSR count). The van der Waals surface area contributed by atoms with Crippen LogP contribution in [0.1, 0.15) is 0 Å². The molecule has 0 unspecified atom stereocenters. The van der Waals surface area contributed by atoms with Gasteiger partial charge in [-0.1, -0.05) is 45.9 Å². The molecule has 0 aliphatic heterocycles. The Morgan fingerprint density at radius 2 is 1.96 bits per heavy atom. The minimum atomic E-state index is -0.345. The van der Waals surface area contributed by atoms with Crippen LogP contribution in [-0.4, -0.2) is 26.8 Å². The third-order valence-electron chi connectivity index (χ3n) is 3.05. The molecule has 1 amide bonds. The SMILES string of the molecule is O=C(CSc1n[nH]c(-c2ccccc2Br)n1)Nc1ccc(F)cc1. The van der Waals surface area contributed by atoms with Crippen molar-refractivity contribution >= 4 is 39.3 Å². The molecule has 0 saturated heterocycles. The molecule has 2 aromatic carbocycles. The van der Waals surface area contributed by atoms with E-state index in [1.807, 2.05) is 24.3 Å². The molecule has 3 aromatic rings. The Labute approximate surface area is 150 Å². The van der Waals surface area contributed by atoms with Crippen LogP contribution >= 0.6 is 27.7 Å². The van der Waals surface area contributed by atoms with Crippen LogP contribution in [-0.2, 0) is 4.79 Å². The van der Waals surface area contributed by atoms with Crippen LogP contribution < -0.4 is 5.32 Å². The smallest absolute Gasteiger partial charge is 0.234 e. The summed E-state index contributed by atoms with van der Waals surface area (Å²) in [6.07, 6.45) is 0. The van der Waals surface area contributed by atoms with Crippen molar-refractivity contribution in [3.8, 4) is 11.4 Å². The van der Waals surface area contributed by atoms with E-state index in [4.69, 9.17) is 0 Å². The molecule has 0 aliphatic rings. The van der Waals surface area contributed by atoms with Crippen LogP contribution in [0, 0.1) is 5.82 Å². The van der Waals surface area contributed by atoms with Gasteiger partial charge in [-0.05, 0) is 30.3 Å². The number of anilines is 1. The lowest BCUT2D eigenvalue weighted by Crippen LogP contribution is -2.14. The van der Waals surface area contributed by atoms with E-state index < -0.39 is 0 Å². The van der Waals surface area contributed by atoms with E-state index in [1.165, 1.54) is 36.0 Å². The molecular weight excluding hydrogens is 395 g/mol. The summed E-state index contributed by atoms with van der Waals surface area (Å²) >= 11 is 4.68. The maximum absolute atomic E-state index is 12.8. The summed E-state index contributed by atoms with van der Waals surface area (Å²) in [5.41, 5.74) is 1.44. The van der Waals surface area contributed by atoms with Gasteiger partial charge < -0.3 is 5.32 Å². The Morgan fingerprint density at radius 3 is 2.71 bits per heavy atom. The standard InChI is InChI=1S/C16H12BrFN4OS/c17-13-4-2-1-3-12(13)15-20-16(22-21-15)24-9-14(23)19-11-7-5-10(18)6-8-11/h1-8H,9H2,(H,19,23)(H,20,21,22). The number of thioether (sulfide) groups is 1. The number of aromatic nitrogens is 3. The fourth-order valence-electron chi connectivity index (χ4n) is 1.95. The third-order valence-corrected chi connectivity index (χ3v) is 4.59. The lowest BCUT2D eigenvalue weighted by Gasteiger charge is -2.03. The topological polar surface area (TPSA) is 70.7 Å². The number of hydrogen-bond donors (Lipinski definition) is 2. The first-order valence-electron chi connectivity index (χ1n) is 6.97. The van der Waals surface area contributed by atoms with Crippen molar-refractivity contribution in [1.82, 2.24) is 15.2 Å². The number of rotatable bonds is 5. The summed E-state index contributed by atoms with van der Waals surface area (Å²) in [6.45, 7) is 0. The number of amides is 1. The van der Waals surface area contributed by atoms with E-state index in [0.29, 0.717) is 16.7 Å². The number of H-pyrrole nitrogens is 1. The minimum absolute atomic E-state index is 0.157. The van der Waals surface area contributed by atoms with Gasteiger partial charge in [0.25, 0.3) is 0 Å². The molecule has 0 fully saturated rings. The number of nitrogens with one attached hydrogen (secondary N) is 2. The zero-order valence-electron chi connectivity index (χ0n) is 12.3. The molecule has 0 aliphatic carbocycles. The van der Waals surface area contributed by atoms with E-state index in [0.717, 1.165) is 10.0 Å². The highest BCUT2D eigenvalue weighted by Gasteiger charge is 2.11. The summed E-state index contributed by atoms with van der Waals surface area (Å²) in [5.74, 6) is 0.232. The molecule has 122 valence electrons. The van der Waals surface area contributed by atoms with E-state index >= 15 is 0 Å². The summed E-state index contributed by atoms with van der Waals surface area (Å²) < 4.78 is 13.7. The van der Waals surface area contributed by atoms with Gasteiger partial charge in [-0.25, -0.2) is 9.37 Å². The lowest BCUT2D eigenvalue weighted by atomic mass is 10.2. The molecule has 1 heterocycles. The number of aromatic amines is 1. The summed E-state index contributed by atoms with van der Waals surface area (Å²) in [5, 5.41) is 10.1. The lowest BCUT2D eigenvalue weighted by molar-refractivity contribution is -0.113. The summed E-state index contributed by atoms with van der Waals surface area (Å²) in [6, 6.07) is 13.3. The van der Waals surface area contributed by atoms with Crippen molar-refractivity contribution in [1.29, 1.82) is 0 Å². The van der Waals surface area contributed by atoms with Gasteiger partial charge in [0.05, 0.1) is 5.75 Å². The van der Waals surface area contributed by atoms with Gasteiger partial charge in [0.15, 0.2) is 5.82 Å². The monoisotopic (exact) mass is 406 g/mol. The molecule has 0 spiro atoms. The highest BCUT2D eigenvalue weighted by Crippen LogP contribution is 2.26. The molecule has 2 N–H and O–H groups in total. The quantitative estimate of drug-likeness (QED) is 0.625. The molecule has 0 atom stereocenters. The number of carbonyl (C=O) groups excluding carboxylic acids is 1. The third kappa shape index (κ3) is 4.21. The predicted molar refractivity (Wildman–Crippen MR) is 95.3 cm³/mol. The number of hydrogen-bond acceptors (Lipinski definition) is 4. The fourth-order valence-corrected chi connectivity index (χ4v) is 3.02. The van der Waals surface area contributed by atoms with Crippen molar-refractivity contribution in [2.75, 3.05) is 11.1 Å². The molecule has 0 saturated carbocycles. The van der Waals surface area contributed by atoms with Crippen LogP contribution in [0.2, 0.25) is 0 Å². The van der Waals surface area contributed by atoms with E-state index in [2.05, 4.69) is 36.4 Å². The van der Waals surface area contributed by atoms with Gasteiger partial charge in [-0.15, -0.1) is 5.10 Å². The van der Waals surface area contributed by atoms with E-state index in [-0.39, 0.29) is 17.5 Å². The number of benzene rings is 2. The van der Waals surface area contributed by atoms with Crippen LogP contribution in [0.3, 0.4) is 0 Å². The zero-order chi connectivity index (χ0) is 16.9. The van der Waals surface area contributed by atoms with Crippen molar-refractivity contribution in [3.05, 3.63) is 58.8 Å². The van der Waals surface area contributed by atoms with Crippen LogP contribution in [0.4, 0.5) is 10.1 Å². The second-order valence-corrected chi connectivity index (χ2v) is 6.59. The van der Waals surface area contributed by atoms with Gasteiger partial charge in [-0.3, -0.25) is 9.89 Å². The first-order chi connectivity index (χ1) is 11.6. The average molecular weight is 407 g/mol. The first-order valence-corrected chi connectivity index (χ1v) is 8.75. The number of carbonyl (C=O) groups is 1. The highest BCUT2D eigenvalue weighted by atomic mass is 79.9. The minimum Gasteiger partial charge on any atom is -0.325 e. The van der Waals surface area contributed by atoms with Gasteiger partial charge >= 0.3 is 0 Å². The molecule has 0 radical (unpaired) electrons. The zero-order valence-corrected chi connectivity index (χ0v) is 14.7. The van der Waals surface area contributed by atoms with E-state index in [9.17, 15) is 9.18 Å². The van der Waals surface area contributed by atoms with Crippen molar-refractivity contribution in [2.45, 2.75) is 5.16 Å². The summed E-state index contributed by atoms with van der Waals surface area (Å²) in [7, 11) is 0. The molecule has 0 bridgehead atoms. The molecule has 5 nitrogen and oxygen atoms in total. The average Bonchev–Trinajstić information content (AvgIpc) is 3.04. The Hall–Kier alpha value is -2.19. The van der Waals surface area contributed by atoms with Crippen LogP contribution in [0.15, 0.2) is 58.2 Å². The number of halogens is 2. The second-order valence-electron chi connectivity index (χ2n) is 4.79. The van der Waals surface area contributed by atoms with Crippen molar-refractivity contribution in [2.24, 2.45) is 0 Å². The Kier molecular flexibility index (Phi) is 5.27. The van der Waals surface area contributed by atoms with Crippen LogP contribution in [0.25, 0.3) is 11.4 Å². The maximum atomic E-state index is 12.8. The largest absolute Gasteiger partial charge is 0.325 e. The Morgan fingerprint density at radius 1 is 1.21 bits per heavy atom. The second kappa shape index (κ2) is 7.59. The fraction of sp³-hybridized carbons (Fsp3) is 0.0625. The number of nitrogens with zero attached hydrogens (tertiary/aromatic N) is 2. The predicted octanol–water partition coefficient (Wildman–Crippen LogP) is 4.10. The molecule has 8 heteroatoms.